The number of aromatic nitrogens is 3. The summed E-state index contributed by atoms with van der Waals surface area (Å²) in [6.07, 6.45) is 4.45. The lowest BCUT2D eigenvalue weighted by atomic mass is 10.2. The Morgan fingerprint density at radius 3 is 3.00 bits per heavy atom. The topological polar surface area (TPSA) is 77.8 Å². The van der Waals surface area contributed by atoms with E-state index in [0.717, 1.165) is 30.5 Å². The van der Waals surface area contributed by atoms with Gasteiger partial charge in [-0.1, -0.05) is 11.2 Å². The zero-order chi connectivity index (χ0) is 12.1. The van der Waals surface area contributed by atoms with E-state index in [1.54, 1.807) is 6.20 Å². The molecule has 2 aromatic heterocycles. The van der Waals surface area contributed by atoms with Crippen molar-refractivity contribution in [3.8, 4) is 11.5 Å². The number of hydrogen-bond acceptors (Lipinski definition) is 5. The second-order valence-electron chi connectivity index (χ2n) is 3.93. The van der Waals surface area contributed by atoms with Crippen LogP contribution in [-0.2, 0) is 6.42 Å². The van der Waals surface area contributed by atoms with Crippen LogP contribution in [0.1, 0.15) is 24.3 Å². The Morgan fingerprint density at radius 2 is 2.24 bits per heavy atom. The molecule has 0 aliphatic carbocycles. The quantitative estimate of drug-likeness (QED) is 0.794. The predicted octanol–water partition coefficient (Wildman–Crippen LogP) is 1.72. The second kappa shape index (κ2) is 5.54. The Labute approximate surface area is 100 Å². The summed E-state index contributed by atoms with van der Waals surface area (Å²) in [7, 11) is 0. The number of hydrogen-bond donors (Lipinski definition) is 1. The van der Waals surface area contributed by atoms with Crippen LogP contribution in [0.15, 0.2) is 22.9 Å². The molecule has 0 aliphatic rings. The molecule has 0 amide bonds. The monoisotopic (exact) mass is 232 g/mol. The second-order valence-corrected chi connectivity index (χ2v) is 3.93. The van der Waals surface area contributed by atoms with E-state index in [1.165, 1.54) is 0 Å². The van der Waals surface area contributed by atoms with Crippen molar-refractivity contribution in [2.24, 2.45) is 5.73 Å². The Morgan fingerprint density at radius 1 is 1.35 bits per heavy atom. The van der Waals surface area contributed by atoms with Crippen molar-refractivity contribution in [3.63, 3.8) is 0 Å². The van der Waals surface area contributed by atoms with Crippen LogP contribution in [0, 0.1) is 6.92 Å². The molecule has 0 radical (unpaired) electrons. The van der Waals surface area contributed by atoms with E-state index in [1.807, 2.05) is 19.1 Å². The molecule has 0 spiro atoms. The molecule has 0 aromatic carbocycles. The van der Waals surface area contributed by atoms with Crippen molar-refractivity contribution in [2.45, 2.75) is 26.2 Å². The van der Waals surface area contributed by atoms with Gasteiger partial charge in [-0.05, 0) is 37.9 Å². The third-order valence-corrected chi connectivity index (χ3v) is 2.53. The summed E-state index contributed by atoms with van der Waals surface area (Å²) in [6.45, 7) is 2.67. The van der Waals surface area contributed by atoms with E-state index in [0.29, 0.717) is 18.3 Å². The lowest BCUT2D eigenvalue weighted by molar-refractivity contribution is 0.375. The summed E-state index contributed by atoms with van der Waals surface area (Å²) in [5.74, 6) is 1.21. The molecule has 0 fully saturated rings. The van der Waals surface area contributed by atoms with Gasteiger partial charge in [0.2, 0.25) is 11.7 Å². The molecule has 0 saturated carbocycles. The van der Waals surface area contributed by atoms with Crippen LogP contribution in [0.5, 0.6) is 0 Å². The first-order chi connectivity index (χ1) is 8.31. The number of nitrogens with zero attached hydrogens (tertiary/aromatic N) is 3. The van der Waals surface area contributed by atoms with E-state index >= 15 is 0 Å². The van der Waals surface area contributed by atoms with Gasteiger partial charge < -0.3 is 10.3 Å². The van der Waals surface area contributed by atoms with Gasteiger partial charge in [0.25, 0.3) is 0 Å². The fourth-order valence-electron chi connectivity index (χ4n) is 1.59. The fraction of sp³-hybridized carbons (Fsp3) is 0.417. The van der Waals surface area contributed by atoms with Crippen LogP contribution in [0.3, 0.4) is 0 Å². The van der Waals surface area contributed by atoms with Crippen molar-refractivity contribution in [3.05, 3.63) is 29.8 Å². The zero-order valence-electron chi connectivity index (χ0n) is 9.89. The minimum atomic E-state index is 0.561. The van der Waals surface area contributed by atoms with Gasteiger partial charge in [-0.15, -0.1) is 0 Å². The van der Waals surface area contributed by atoms with Gasteiger partial charge in [-0.3, -0.25) is 4.98 Å². The first-order valence-corrected chi connectivity index (χ1v) is 5.76. The van der Waals surface area contributed by atoms with Crippen molar-refractivity contribution in [1.29, 1.82) is 0 Å². The van der Waals surface area contributed by atoms with E-state index in [9.17, 15) is 0 Å². The number of pyridine rings is 1. The molecule has 0 aliphatic heterocycles. The Hall–Kier alpha value is -1.75. The number of unbranched alkanes of at least 4 members (excludes halogenated alkanes) is 1. The Kier molecular flexibility index (Phi) is 3.82. The lowest BCUT2D eigenvalue weighted by Gasteiger charge is -1.96. The average Bonchev–Trinajstić information content (AvgIpc) is 2.79. The van der Waals surface area contributed by atoms with Crippen molar-refractivity contribution < 1.29 is 4.52 Å². The van der Waals surface area contributed by atoms with Crippen LogP contribution in [0.4, 0.5) is 0 Å². The maximum atomic E-state index is 5.43. The summed E-state index contributed by atoms with van der Waals surface area (Å²) >= 11 is 0. The fourth-order valence-corrected chi connectivity index (χ4v) is 1.59. The van der Waals surface area contributed by atoms with Crippen LogP contribution in [0.2, 0.25) is 0 Å². The first kappa shape index (κ1) is 11.7. The summed E-state index contributed by atoms with van der Waals surface area (Å²) in [4.78, 5) is 8.59. The van der Waals surface area contributed by atoms with Gasteiger partial charge in [-0.2, -0.15) is 4.98 Å². The third kappa shape index (κ3) is 2.88. The van der Waals surface area contributed by atoms with Crippen LogP contribution < -0.4 is 5.73 Å². The molecule has 2 rings (SSSR count). The summed E-state index contributed by atoms with van der Waals surface area (Å²) in [6, 6.07) is 3.87. The molecule has 0 bridgehead atoms. The maximum absolute atomic E-state index is 5.43. The molecule has 0 atom stereocenters. The van der Waals surface area contributed by atoms with Crippen LogP contribution in [0.25, 0.3) is 11.5 Å². The van der Waals surface area contributed by atoms with Gasteiger partial charge in [-0.25, -0.2) is 0 Å². The van der Waals surface area contributed by atoms with E-state index in [-0.39, 0.29) is 0 Å². The maximum Gasteiger partial charge on any atom is 0.227 e. The number of rotatable bonds is 5. The van der Waals surface area contributed by atoms with E-state index in [4.69, 9.17) is 10.3 Å². The van der Waals surface area contributed by atoms with Gasteiger partial charge in [0.15, 0.2) is 0 Å². The summed E-state index contributed by atoms with van der Waals surface area (Å²) in [5.41, 5.74) is 7.25. The van der Waals surface area contributed by atoms with E-state index in [2.05, 4.69) is 15.1 Å². The highest BCUT2D eigenvalue weighted by Crippen LogP contribution is 2.17. The van der Waals surface area contributed by atoms with Gasteiger partial charge in [0.05, 0.1) is 0 Å². The highest BCUT2D eigenvalue weighted by Gasteiger charge is 2.11. The Bertz CT molecular complexity index is 481. The molecule has 0 unspecified atom stereocenters. The molecular formula is C12H16N4O. The van der Waals surface area contributed by atoms with Crippen LogP contribution >= 0.6 is 0 Å². The highest BCUT2D eigenvalue weighted by molar-refractivity contribution is 5.52. The molecular weight excluding hydrogens is 216 g/mol. The molecule has 0 saturated heterocycles. The number of aryl methyl sites for hydroxylation is 2. The summed E-state index contributed by atoms with van der Waals surface area (Å²) in [5, 5.41) is 3.95. The minimum absolute atomic E-state index is 0.561. The molecule has 2 heterocycles. The third-order valence-electron chi connectivity index (χ3n) is 2.53. The normalized spacial score (nSPS) is 10.7. The lowest BCUT2D eigenvalue weighted by Crippen LogP contribution is -1.99. The molecule has 90 valence electrons. The van der Waals surface area contributed by atoms with Crippen molar-refractivity contribution in [1.82, 2.24) is 15.1 Å². The highest BCUT2D eigenvalue weighted by atomic mass is 16.5. The molecule has 5 nitrogen and oxygen atoms in total. The standard InChI is InChI=1S/C12H16N4O/c1-9-5-4-8-14-11(9)12-15-10(17-16-12)6-2-3-7-13/h4-5,8H,2-3,6-7,13H2,1H3. The smallest absolute Gasteiger partial charge is 0.227 e. The van der Waals surface area contributed by atoms with Gasteiger partial charge in [0, 0.05) is 12.6 Å². The molecule has 17 heavy (non-hydrogen) atoms. The predicted molar refractivity (Wildman–Crippen MR) is 64.3 cm³/mol. The first-order valence-electron chi connectivity index (χ1n) is 5.76. The van der Waals surface area contributed by atoms with Gasteiger partial charge in [0.1, 0.15) is 5.69 Å². The van der Waals surface area contributed by atoms with Crippen molar-refractivity contribution >= 4 is 0 Å². The molecule has 2 aromatic rings. The number of nitrogens with two attached hydrogens (primary N) is 1. The average molecular weight is 232 g/mol. The van der Waals surface area contributed by atoms with E-state index < -0.39 is 0 Å². The van der Waals surface area contributed by atoms with Gasteiger partial charge >= 0.3 is 0 Å². The Balaban J connectivity index is 2.10. The van der Waals surface area contributed by atoms with Crippen LogP contribution in [-0.4, -0.2) is 21.7 Å². The SMILES string of the molecule is Cc1cccnc1-c1noc(CCCCN)n1. The largest absolute Gasteiger partial charge is 0.339 e. The molecule has 2 N–H and O–H groups in total. The summed E-state index contributed by atoms with van der Waals surface area (Å²) < 4.78 is 5.18. The minimum Gasteiger partial charge on any atom is -0.339 e. The van der Waals surface area contributed by atoms with Crippen molar-refractivity contribution in [2.75, 3.05) is 6.54 Å². The molecule has 5 heteroatoms. The zero-order valence-corrected chi connectivity index (χ0v) is 9.89.